The standard InChI is InChI=1S/C11H15NO2/c1-11(2,3)10(13)14-8-9-5-4-6-12-7-9/h4-7H,8H2,1-3H3. The van der Waals surface area contributed by atoms with Crippen molar-refractivity contribution < 1.29 is 9.53 Å². The summed E-state index contributed by atoms with van der Waals surface area (Å²) in [6.07, 6.45) is 3.38. The molecule has 0 aliphatic heterocycles. The zero-order valence-electron chi connectivity index (χ0n) is 8.78. The average molecular weight is 193 g/mol. The summed E-state index contributed by atoms with van der Waals surface area (Å²) in [5.74, 6) is -0.193. The van der Waals surface area contributed by atoms with Gasteiger partial charge >= 0.3 is 5.97 Å². The zero-order chi connectivity index (χ0) is 10.6. The van der Waals surface area contributed by atoms with Gasteiger partial charge < -0.3 is 4.74 Å². The fourth-order valence-electron chi connectivity index (χ4n) is 0.849. The molecule has 0 radical (unpaired) electrons. The molecular formula is C11H15NO2. The van der Waals surface area contributed by atoms with E-state index in [1.807, 2.05) is 32.9 Å². The summed E-state index contributed by atoms with van der Waals surface area (Å²) < 4.78 is 5.11. The van der Waals surface area contributed by atoms with Gasteiger partial charge in [-0.2, -0.15) is 0 Å². The molecule has 0 saturated heterocycles. The molecule has 3 heteroatoms. The van der Waals surface area contributed by atoms with Crippen molar-refractivity contribution in [2.75, 3.05) is 0 Å². The molecule has 1 rings (SSSR count). The number of hydrogen-bond acceptors (Lipinski definition) is 3. The highest BCUT2D eigenvalue weighted by Crippen LogP contribution is 2.16. The first-order valence-electron chi connectivity index (χ1n) is 4.56. The first-order chi connectivity index (χ1) is 6.50. The zero-order valence-corrected chi connectivity index (χ0v) is 8.78. The molecule has 14 heavy (non-hydrogen) atoms. The van der Waals surface area contributed by atoms with E-state index in [0.29, 0.717) is 6.61 Å². The topological polar surface area (TPSA) is 39.2 Å². The lowest BCUT2D eigenvalue weighted by atomic mass is 9.97. The second kappa shape index (κ2) is 4.22. The van der Waals surface area contributed by atoms with Gasteiger partial charge in [-0.1, -0.05) is 6.07 Å². The highest BCUT2D eigenvalue weighted by molar-refractivity contribution is 5.75. The summed E-state index contributed by atoms with van der Waals surface area (Å²) in [6.45, 7) is 5.79. The number of ether oxygens (including phenoxy) is 1. The molecule has 3 nitrogen and oxygen atoms in total. The van der Waals surface area contributed by atoms with E-state index in [9.17, 15) is 4.79 Å². The number of carbonyl (C=O) groups is 1. The van der Waals surface area contributed by atoms with Crippen molar-refractivity contribution in [3.05, 3.63) is 30.1 Å². The van der Waals surface area contributed by atoms with Crippen molar-refractivity contribution in [3.63, 3.8) is 0 Å². The summed E-state index contributed by atoms with van der Waals surface area (Å²) in [6, 6.07) is 3.70. The molecule has 0 amide bonds. The Hall–Kier alpha value is -1.38. The smallest absolute Gasteiger partial charge is 0.311 e. The monoisotopic (exact) mass is 193 g/mol. The van der Waals surface area contributed by atoms with Gasteiger partial charge in [-0.25, -0.2) is 0 Å². The van der Waals surface area contributed by atoms with Gasteiger partial charge in [-0.15, -0.1) is 0 Å². The van der Waals surface area contributed by atoms with Crippen LogP contribution < -0.4 is 0 Å². The maximum Gasteiger partial charge on any atom is 0.311 e. The van der Waals surface area contributed by atoms with Crippen LogP contribution in [0.15, 0.2) is 24.5 Å². The lowest BCUT2D eigenvalue weighted by Gasteiger charge is -2.16. The first kappa shape index (κ1) is 10.7. The number of esters is 1. The van der Waals surface area contributed by atoms with E-state index in [1.54, 1.807) is 12.4 Å². The summed E-state index contributed by atoms with van der Waals surface area (Å²) in [5, 5.41) is 0. The molecule has 76 valence electrons. The van der Waals surface area contributed by atoms with E-state index < -0.39 is 5.41 Å². The van der Waals surface area contributed by atoms with Crippen molar-refractivity contribution >= 4 is 5.97 Å². The van der Waals surface area contributed by atoms with E-state index >= 15 is 0 Å². The van der Waals surface area contributed by atoms with Crippen LogP contribution >= 0.6 is 0 Å². The van der Waals surface area contributed by atoms with Gasteiger partial charge in [0, 0.05) is 18.0 Å². The highest BCUT2D eigenvalue weighted by Gasteiger charge is 2.22. The fraction of sp³-hybridized carbons (Fsp3) is 0.455. The third-order valence-corrected chi connectivity index (χ3v) is 1.71. The highest BCUT2D eigenvalue weighted by atomic mass is 16.5. The summed E-state index contributed by atoms with van der Waals surface area (Å²) in [5.41, 5.74) is 0.465. The summed E-state index contributed by atoms with van der Waals surface area (Å²) in [4.78, 5) is 15.3. The van der Waals surface area contributed by atoms with Crippen LogP contribution in [0.1, 0.15) is 26.3 Å². The molecule has 0 saturated carbocycles. The molecule has 0 atom stereocenters. The number of aromatic nitrogens is 1. The number of pyridine rings is 1. The van der Waals surface area contributed by atoms with Gasteiger partial charge in [0.2, 0.25) is 0 Å². The van der Waals surface area contributed by atoms with Crippen LogP contribution in [0.25, 0.3) is 0 Å². The van der Waals surface area contributed by atoms with Crippen LogP contribution in [-0.4, -0.2) is 11.0 Å². The van der Waals surface area contributed by atoms with Gasteiger partial charge in [0.15, 0.2) is 0 Å². The molecule has 0 N–H and O–H groups in total. The SMILES string of the molecule is CC(C)(C)C(=O)OCc1cccnc1. The second-order valence-corrected chi connectivity index (χ2v) is 4.19. The molecule has 0 spiro atoms. The Bertz CT molecular complexity index is 301. The maximum absolute atomic E-state index is 11.4. The first-order valence-corrected chi connectivity index (χ1v) is 4.56. The molecule has 1 aromatic heterocycles. The Balaban J connectivity index is 2.46. The molecule has 1 aromatic rings. The van der Waals surface area contributed by atoms with E-state index in [4.69, 9.17) is 4.74 Å². The fourth-order valence-corrected chi connectivity index (χ4v) is 0.849. The lowest BCUT2D eigenvalue weighted by molar-refractivity contribution is -0.154. The third kappa shape index (κ3) is 3.17. The molecule has 0 fully saturated rings. The number of carbonyl (C=O) groups excluding carboxylic acids is 1. The Labute approximate surface area is 84.1 Å². The molecule has 0 aliphatic carbocycles. The van der Waals surface area contributed by atoms with Crippen LogP contribution in [0.4, 0.5) is 0 Å². The molecule has 0 unspecified atom stereocenters. The van der Waals surface area contributed by atoms with E-state index in [2.05, 4.69) is 4.98 Å². The number of nitrogens with zero attached hydrogens (tertiary/aromatic N) is 1. The second-order valence-electron chi connectivity index (χ2n) is 4.19. The minimum absolute atomic E-state index is 0.193. The lowest BCUT2D eigenvalue weighted by Crippen LogP contribution is -2.22. The van der Waals surface area contributed by atoms with Crippen molar-refractivity contribution in [2.45, 2.75) is 27.4 Å². The maximum atomic E-state index is 11.4. The molecule has 1 heterocycles. The average Bonchev–Trinajstić information content (AvgIpc) is 2.14. The van der Waals surface area contributed by atoms with Crippen molar-refractivity contribution in [1.29, 1.82) is 0 Å². The van der Waals surface area contributed by atoms with Crippen molar-refractivity contribution in [3.8, 4) is 0 Å². The molecular weight excluding hydrogens is 178 g/mol. The Morgan fingerprint density at radius 1 is 1.50 bits per heavy atom. The Morgan fingerprint density at radius 2 is 2.21 bits per heavy atom. The van der Waals surface area contributed by atoms with Crippen molar-refractivity contribution in [1.82, 2.24) is 4.98 Å². The van der Waals surface area contributed by atoms with Gasteiger partial charge in [-0.05, 0) is 26.8 Å². The summed E-state index contributed by atoms with van der Waals surface area (Å²) in [7, 11) is 0. The predicted molar refractivity (Wildman–Crippen MR) is 53.5 cm³/mol. The molecule has 0 bridgehead atoms. The van der Waals surface area contributed by atoms with E-state index in [1.165, 1.54) is 0 Å². The quantitative estimate of drug-likeness (QED) is 0.676. The van der Waals surface area contributed by atoms with Gasteiger partial charge in [-0.3, -0.25) is 9.78 Å². The van der Waals surface area contributed by atoms with Gasteiger partial charge in [0.05, 0.1) is 5.41 Å². The minimum atomic E-state index is -0.442. The molecule has 0 aromatic carbocycles. The largest absolute Gasteiger partial charge is 0.460 e. The van der Waals surface area contributed by atoms with E-state index in [-0.39, 0.29) is 5.97 Å². The van der Waals surface area contributed by atoms with Crippen LogP contribution in [-0.2, 0) is 16.1 Å². The number of hydrogen-bond donors (Lipinski definition) is 0. The van der Waals surface area contributed by atoms with Gasteiger partial charge in [0.25, 0.3) is 0 Å². The third-order valence-electron chi connectivity index (χ3n) is 1.71. The minimum Gasteiger partial charge on any atom is -0.460 e. The normalized spacial score (nSPS) is 11.1. The Kier molecular flexibility index (Phi) is 3.23. The van der Waals surface area contributed by atoms with Crippen LogP contribution in [0.2, 0.25) is 0 Å². The van der Waals surface area contributed by atoms with E-state index in [0.717, 1.165) is 5.56 Å². The summed E-state index contributed by atoms with van der Waals surface area (Å²) >= 11 is 0. The molecule has 0 aliphatic rings. The van der Waals surface area contributed by atoms with Crippen molar-refractivity contribution in [2.24, 2.45) is 5.41 Å². The number of rotatable bonds is 2. The Morgan fingerprint density at radius 3 is 2.71 bits per heavy atom. The van der Waals surface area contributed by atoms with Crippen LogP contribution in [0.5, 0.6) is 0 Å². The predicted octanol–water partition coefficient (Wildman–Crippen LogP) is 2.17. The van der Waals surface area contributed by atoms with Crippen LogP contribution in [0, 0.1) is 5.41 Å². The van der Waals surface area contributed by atoms with Gasteiger partial charge in [0.1, 0.15) is 6.61 Å². The van der Waals surface area contributed by atoms with Crippen LogP contribution in [0.3, 0.4) is 0 Å².